The number of hydrogen-bond acceptors (Lipinski definition) is 2. The first-order valence-corrected chi connectivity index (χ1v) is 5.80. The SMILES string of the molecule is CC(C)(C)Bc1cc(B(O)O)c(Cl)cc1Cl. The minimum atomic E-state index is -1.57. The fraction of sp³-hybridized carbons (Fsp3) is 0.400. The molecule has 1 rings (SSSR count). The Balaban J connectivity index is 3.15. The van der Waals surface area contributed by atoms with Crippen LogP contribution in [0.5, 0.6) is 0 Å². The predicted molar refractivity (Wildman–Crippen MR) is 72.8 cm³/mol. The van der Waals surface area contributed by atoms with E-state index in [0.717, 1.165) is 12.7 Å². The highest BCUT2D eigenvalue weighted by atomic mass is 35.5. The van der Waals surface area contributed by atoms with E-state index in [0.29, 0.717) is 10.5 Å². The zero-order valence-corrected chi connectivity index (χ0v) is 11.1. The topological polar surface area (TPSA) is 40.5 Å². The Labute approximate surface area is 107 Å². The molecule has 0 heterocycles. The van der Waals surface area contributed by atoms with Gasteiger partial charge in [0.25, 0.3) is 0 Å². The standard InChI is InChI=1S/C10H14B2Cl2O2/c1-10(2,3)11-6-4-7(12(15)16)9(14)5-8(6)13/h4-5,11,15-16H,1-3H3. The van der Waals surface area contributed by atoms with Crippen LogP contribution in [-0.2, 0) is 0 Å². The minimum absolute atomic E-state index is 0.0785. The van der Waals surface area contributed by atoms with Gasteiger partial charge in [0.1, 0.15) is 0 Å². The lowest BCUT2D eigenvalue weighted by molar-refractivity contribution is 0.426. The van der Waals surface area contributed by atoms with Gasteiger partial charge < -0.3 is 10.0 Å². The molecular weight excluding hydrogens is 245 g/mol. The van der Waals surface area contributed by atoms with Gasteiger partial charge in [-0.15, -0.1) is 0 Å². The Hall–Kier alpha value is -0.150. The maximum Gasteiger partial charge on any atom is 0.489 e. The first kappa shape index (κ1) is 13.9. The minimum Gasteiger partial charge on any atom is -0.423 e. The van der Waals surface area contributed by atoms with Gasteiger partial charge in [0.05, 0.1) is 0 Å². The van der Waals surface area contributed by atoms with Crippen molar-refractivity contribution in [2.45, 2.75) is 26.1 Å². The van der Waals surface area contributed by atoms with Gasteiger partial charge in [-0.2, -0.15) is 0 Å². The zero-order chi connectivity index (χ0) is 12.5. The van der Waals surface area contributed by atoms with Crippen molar-refractivity contribution in [3.8, 4) is 0 Å². The third-order valence-electron chi connectivity index (χ3n) is 2.16. The van der Waals surface area contributed by atoms with Gasteiger partial charge in [-0.1, -0.05) is 60.8 Å². The Morgan fingerprint density at radius 2 is 1.69 bits per heavy atom. The van der Waals surface area contributed by atoms with E-state index in [2.05, 4.69) is 20.8 Å². The van der Waals surface area contributed by atoms with Gasteiger partial charge in [0, 0.05) is 15.5 Å². The largest absolute Gasteiger partial charge is 0.489 e. The van der Waals surface area contributed by atoms with Crippen LogP contribution in [-0.4, -0.2) is 24.4 Å². The molecule has 86 valence electrons. The van der Waals surface area contributed by atoms with Crippen LogP contribution >= 0.6 is 23.2 Å². The highest BCUT2D eigenvalue weighted by molar-refractivity contribution is 6.66. The van der Waals surface area contributed by atoms with Crippen LogP contribution in [0.2, 0.25) is 15.4 Å². The maximum absolute atomic E-state index is 9.15. The molecule has 0 fully saturated rings. The number of rotatable bonds is 2. The van der Waals surface area contributed by atoms with Crippen molar-refractivity contribution in [3.05, 3.63) is 22.2 Å². The van der Waals surface area contributed by atoms with Gasteiger partial charge >= 0.3 is 7.12 Å². The lowest BCUT2D eigenvalue weighted by Gasteiger charge is -2.18. The van der Waals surface area contributed by atoms with E-state index < -0.39 is 7.12 Å². The fourth-order valence-corrected chi connectivity index (χ4v) is 2.07. The van der Waals surface area contributed by atoms with Crippen molar-refractivity contribution in [2.75, 3.05) is 0 Å². The van der Waals surface area contributed by atoms with Crippen molar-refractivity contribution in [2.24, 2.45) is 0 Å². The second-order valence-electron chi connectivity index (χ2n) is 5.08. The molecule has 0 spiro atoms. The molecule has 16 heavy (non-hydrogen) atoms. The first-order valence-electron chi connectivity index (χ1n) is 5.04. The van der Waals surface area contributed by atoms with Crippen LogP contribution in [0, 0.1) is 0 Å². The quantitative estimate of drug-likeness (QED) is 0.776. The second kappa shape index (κ2) is 5.01. The second-order valence-corrected chi connectivity index (χ2v) is 5.89. The van der Waals surface area contributed by atoms with E-state index in [1.54, 1.807) is 12.1 Å². The van der Waals surface area contributed by atoms with Crippen molar-refractivity contribution < 1.29 is 10.0 Å². The normalized spacial score (nSPS) is 11.4. The number of halogens is 2. The van der Waals surface area contributed by atoms with Crippen molar-refractivity contribution in [3.63, 3.8) is 0 Å². The molecule has 6 heteroatoms. The van der Waals surface area contributed by atoms with Crippen LogP contribution in [0.4, 0.5) is 0 Å². The summed E-state index contributed by atoms with van der Waals surface area (Å²) < 4.78 is 0. The van der Waals surface area contributed by atoms with E-state index >= 15 is 0 Å². The molecule has 0 aliphatic rings. The summed E-state index contributed by atoms with van der Waals surface area (Å²) in [6.45, 7) is 6.27. The Bertz CT molecular complexity index is 389. The molecule has 0 aromatic heterocycles. The molecule has 0 unspecified atom stereocenters. The van der Waals surface area contributed by atoms with E-state index in [1.165, 1.54) is 0 Å². The summed E-state index contributed by atoms with van der Waals surface area (Å²) in [5, 5.41) is 19.2. The average molecular weight is 259 g/mol. The van der Waals surface area contributed by atoms with Crippen molar-refractivity contribution in [1.29, 1.82) is 0 Å². The Morgan fingerprint density at radius 3 is 2.12 bits per heavy atom. The average Bonchev–Trinajstić information content (AvgIpc) is 2.07. The van der Waals surface area contributed by atoms with Crippen LogP contribution in [0.3, 0.4) is 0 Å². The molecule has 0 saturated carbocycles. The molecule has 2 N–H and O–H groups in total. The summed E-state index contributed by atoms with van der Waals surface area (Å²) in [4.78, 5) is 0. The number of benzene rings is 1. The lowest BCUT2D eigenvalue weighted by atomic mass is 9.51. The maximum atomic E-state index is 9.15. The Morgan fingerprint density at radius 1 is 1.12 bits per heavy atom. The molecule has 1 aromatic carbocycles. The molecule has 1 aromatic rings. The lowest BCUT2D eigenvalue weighted by Crippen LogP contribution is -2.36. The van der Waals surface area contributed by atoms with E-state index in [1.807, 2.05) is 0 Å². The van der Waals surface area contributed by atoms with Gasteiger partial charge in [0.2, 0.25) is 0 Å². The van der Waals surface area contributed by atoms with E-state index in [4.69, 9.17) is 33.2 Å². The highest BCUT2D eigenvalue weighted by Crippen LogP contribution is 2.22. The molecule has 0 aliphatic heterocycles. The summed E-state index contributed by atoms with van der Waals surface area (Å²) in [5.74, 6) is 0. The van der Waals surface area contributed by atoms with Gasteiger partial charge in [-0.3, -0.25) is 0 Å². The molecule has 0 bridgehead atoms. The highest BCUT2D eigenvalue weighted by Gasteiger charge is 2.21. The molecule has 0 aliphatic carbocycles. The molecule has 0 saturated heterocycles. The summed E-state index contributed by atoms with van der Waals surface area (Å²) in [7, 11) is -0.814. The summed E-state index contributed by atoms with van der Waals surface area (Å²) >= 11 is 11.9. The molecule has 0 atom stereocenters. The van der Waals surface area contributed by atoms with Crippen molar-refractivity contribution >= 4 is 48.5 Å². The van der Waals surface area contributed by atoms with Gasteiger partial charge in [0.15, 0.2) is 7.28 Å². The zero-order valence-electron chi connectivity index (χ0n) is 9.59. The van der Waals surface area contributed by atoms with Crippen LogP contribution in [0.1, 0.15) is 20.8 Å². The summed E-state index contributed by atoms with van der Waals surface area (Å²) in [5.41, 5.74) is 1.17. The molecule has 0 radical (unpaired) electrons. The van der Waals surface area contributed by atoms with Crippen LogP contribution in [0.25, 0.3) is 0 Å². The smallest absolute Gasteiger partial charge is 0.423 e. The number of hydrogen-bond donors (Lipinski definition) is 2. The third-order valence-corrected chi connectivity index (χ3v) is 2.84. The van der Waals surface area contributed by atoms with Crippen LogP contribution in [0.15, 0.2) is 12.1 Å². The predicted octanol–water partition coefficient (Wildman–Crippen LogP) is 0.953. The molecule has 2 nitrogen and oxygen atoms in total. The Kier molecular flexibility index (Phi) is 4.35. The third kappa shape index (κ3) is 3.70. The van der Waals surface area contributed by atoms with Gasteiger partial charge in [-0.25, -0.2) is 0 Å². The van der Waals surface area contributed by atoms with Gasteiger partial charge in [-0.05, 0) is 6.07 Å². The van der Waals surface area contributed by atoms with E-state index in [9.17, 15) is 0 Å². The van der Waals surface area contributed by atoms with Crippen molar-refractivity contribution in [1.82, 2.24) is 0 Å². The molecular formula is C10H14B2Cl2O2. The van der Waals surface area contributed by atoms with Crippen LogP contribution < -0.4 is 10.9 Å². The first-order chi connectivity index (χ1) is 7.20. The fourth-order valence-electron chi connectivity index (χ4n) is 1.52. The summed E-state index contributed by atoms with van der Waals surface area (Å²) in [6, 6.07) is 3.21. The van der Waals surface area contributed by atoms with E-state index in [-0.39, 0.29) is 10.3 Å². The molecule has 0 amide bonds. The summed E-state index contributed by atoms with van der Waals surface area (Å²) in [6.07, 6.45) is 0. The monoisotopic (exact) mass is 258 g/mol.